The molecule has 112 valence electrons. The third-order valence-electron chi connectivity index (χ3n) is 3.41. The molecular weight excluding hydrogens is 260 g/mol. The van der Waals surface area contributed by atoms with E-state index in [4.69, 9.17) is 4.74 Å². The molecule has 0 unspecified atom stereocenters. The van der Waals surface area contributed by atoms with Crippen LogP contribution in [-0.2, 0) is 6.54 Å². The van der Waals surface area contributed by atoms with Crippen LogP contribution in [0.3, 0.4) is 0 Å². The van der Waals surface area contributed by atoms with Gasteiger partial charge >= 0.3 is 0 Å². The maximum atomic E-state index is 5.71. The summed E-state index contributed by atoms with van der Waals surface area (Å²) in [7, 11) is 0. The third-order valence-corrected chi connectivity index (χ3v) is 3.41. The van der Waals surface area contributed by atoms with Gasteiger partial charge in [-0.15, -0.1) is 0 Å². The van der Waals surface area contributed by atoms with Crippen LogP contribution in [0.2, 0.25) is 0 Å². The highest BCUT2D eigenvalue weighted by molar-refractivity contribution is 5.43. The molecule has 0 heterocycles. The molecule has 0 bridgehead atoms. The smallest absolute Gasteiger partial charge is 0.119 e. The molecule has 0 saturated heterocycles. The standard InChI is InChI=1S/C18H24N2O/c1-4-10-21-17-11-14(2)18(15(3)12-17)13-19-20-16-8-6-5-7-9-16/h5-9,11-12,19-20H,4,10,13H2,1-3H3. The highest BCUT2D eigenvalue weighted by Gasteiger charge is 2.05. The lowest BCUT2D eigenvalue weighted by molar-refractivity contribution is 0.317. The molecule has 2 N–H and O–H groups in total. The van der Waals surface area contributed by atoms with Gasteiger partial charge in [-0.2, -0.15) is 0 Å². The molecule has 0 amide bonds. The van der Waals surface area contributed by atoms with Crippen LogP contribution in [0.1, 0.15) is 30.0 Å². The fourth-order valence-electron chi connectivity index (χ4n) is 2.29. The molecule has 0 atom stereocenters. The average molecular weight is 284 g/mol. The van der Waals surface area contributed by atoms with E-state index in [-0.39, 0.29) is 0 Å². The molecule has 21 heavy (non-hydrogen) atoms. The van der Waals surface area contributed by atoms with E-state index in [0.717, 1.165) is 31.0 Å². The molecule has 0 aliphatic heterocycles. The quantitative estimate of drug-likeness (QED) is 0.747. The maximum Gasteiger partial charge on any atom is 0.119 e. The summed E-state index contributed by atoms with van der Waals surface area (Å²) in [5.41, 5.74) is 11.4. The number of aryl methyl sites for hydroxylation is 2. The van der Waals surface area contributed by atoms with Gasteiger partial charge in [-0.1, -0.05) is 25.1 Å². The lowest BCUT2D eigenvalue weighted by Gasteiger charge is -2.15. The number of benzene rings is 2. The normalized spacial score (nSPS) is 10.4. The van der Waals surface area contributed by atoms with Gasteiger partial charge in [0.25, 0.3) is 0 Å². The number of rotatable bonds is 7. The summed E-state index contributed by atoms with van der Waals surface area (Å²) in [6.45, 7) is 7.93. The first-order chi connectivity index (χ1) is 10.2. The summed E-state index contributed by atoms with van der Waals surface area (Å²) in [6.07, 6.45) is 1.03. The Balaban J connectivity index is 1.96. The minimum absolute atomic E-state index is 0.770. The van der Waals surface area contributed by atoms with Crippen LogP contribution in [0.4, 0.5) is 5.69 Å². The van der Waals surface area contributed by atoms with Crippen molar-refractivity contribution in [2.75, 3.05) is 12.0 Å². The molecule has 3 heteroatoms. The number of para-hydroxylation sites is 1. The number of anilines is 1. The Labute approximate surface area is 127 Å². The molecule has 0 aliphatic carbocycles. The van der Waals surface area contributed by atoms with Crippen molar-refractivity contribution in [2.24, 2.45) is 0 Å². The van der Waals surface area contributed by atoms with E-state index in [2.05, 4.69) is 43.8 Å². The van der Waals surface area contributed by atoms with Gasteiger partial charge in [-0.05, 0) is 61.2 Å². The second-order valence-electron chi connectivity index (χ2n) is 5.23. The van der Waals surface area contributed by atoms with Gasteiger partial charge in [-0.3, -0.25) is 0 Å². The lowest BCUT2D eigenvalue weighted by atomic mass is 10.0. The van der Waals surface area contributed by atoms with Crippen molar-refractivity contribution >= 4 is 5.69 Å². The highest BCUT2D eigenvalue weighted by atomic mass is 16.5. The minimum Gasteiger partial charge on any atom is -0.494 e. The first-order valence-electron chi connectivity index (χ1n) is 7.47. The summed E-state index contributed by atoms with van der Waals surface area (Å²) in [4.78, 5) is 0. The zero-order chi connectivity index (χ0) is 15.1. The zero-order valence-electron chi connectivity index (χ0n) is 13.1. The van der Waals surface area contributed by atoms with Crippen molar-refractivity contribution in [3.63, 3.8) is 0 Å². The van der Waals surface area contributed by atoms with E-state index >= 15 is 0 Å². The van der Waals surface area contributed by atoms with Crippen molar-refractivity contribution in [3.05, 3.63) is 59.2 Å². The molecule has 0 radical (unpaired) electrons. The monoisotopic (exact) mass is 284 g/mol. The first-order valence-corrected chi connectivity index (χ1v) is 7.47. The Morgan fingerprint density at radius 3 is 2.29 bits per heavy atom. The highest BCUT2D eigenvalue weighted by Crippen LogP contribution is 2.22. The molecular formula is C18H24N2O. The summed E-state index contributed by atoms with van der Waals surface area (Å²) >= 11 is 0. The van der Waals surface area contributed by atoms with Crippen LogP contribution in [-0.4, -0.2) is 6.61 Å². The Morgan fingerprint density at radius 2 is 1.67 bits per heavy atom. The van der Waals surface area contributed by atoms with Crippen LogP contribution in [0.15, 0.2) is 42.5 Å². The average Bonchev–Trinajstić information content (AvgIpc) is 2.49. The second-order valence-corrected chi connectivity index (χ2v) is 5.23. The number of hydrogen-bond acceptors (Lipinski definition) is 3. The Morgan fingerprint density at radius 1 is 1.00 bits per heavy atom. The fourth-order valence-corrected chi connectivity index (χ4v) is 2.29. The van der Waals surface area contributed by atoms with Gasteiger partial charge in [0.2, 0.25) is 0 Å². The summed E-state index contributed by atoms with van der Waals surface area (Å²) in [5.74, 6) is 0.964. The van der Waals surface area contributed by atoms with Crippen molar-refractivity contribution < 1.29 is 4.74 Å². The molecule has 0 saturated carbocycles. The van der Waals surface area contributed by atoms with Gasteiger partial charge in [0, 0.05) is 12.2 Å². The molecule has 0 aromatic heterocycles. The SMILES string of the molecule is CCCOc1cc(C)c(CNNc2ccccc2)c(C)c1. The van der Waals surface area contributed by atoms with Gasteiger partial charge < -0.3 is 10.2 Å². The van der Waals surface area contributed by atoms with Gasteiger partial charge in [-0.25, -0.2) is 5.43 Å². The summed E-state index contributed by atoms with van der Waals surface area (Å²) in [5, 5.41) is 0. The van der Waals surface area contributed by atoms with Gasteiger partial charge in [0.1, 0.15) is 5.75 Å². The number of hydrogen-bond donors (Lipinski definition) is 2. The summed E-state index contributed by atoms with van der Waals surface area (Å²) < 4.78 is 5.71. The van der Waals surface area contributed by atoms with E-state index < -0.39 is 0 Å². The van der Waals surface area contributed by atoms with Gasteiger partial charge in [0.15, 0.2) is 0 Å². The van der Waals surface area contributed by atoms with Crippen molar-refractivity contribution in [1.82, 2.24) is 5.43 Å². The van der Waals surface area contributed by atoms with Crippen LogP contribution in [0.25, 0.3) is 0 Å². The van der Waals surface area contributed by atoms with Crippen LogP contribution >= 0.6 is 0 Å². The van der Waals surface area contributed by atoms with E-state index in [1.165, 1.54) is 16.7 Å². The topological polar surface area (TPSA) is 33.3 Å². The number of ether oxygens (including phenoxy) is 1. The summed E-state index contributed by atoms with van der Waals surface area (Å²) in [6, 6.07) is 14.3. The predicted octanol–water partition coefficient (Wildman–Crippen LogP) is 4.21. The second kappa shape index (κ2) is 7.70. The Bertz CT molecular complexity index is 544. The third kappa shape index (κ3) is 4.50. The van der Waals surface area contributed by atoms with E-state index in [9.17, 15) is 0 Å². The largest absolute Gasteiger partial charge is 0.494 e. The molecule has 0 fully saturated rings. The molecule has 2 rings (SSSR count). The van der Waals surface area contributed by atoms with E-state index in [0.29, 0.717) is 0 Å². The van der Waals surface area contributed by atoms with Crippen LogP contribution in [0.5, 0.6) is 5.75 Å². The van der Waals surface area contributed by atoms with Crippen LogP contribution in [0, 0.1) is 13.8 Å². The fraction of sp³-hybridized carbons (Fsp3) is 0.333. The maximum absolute atomic E-state index is 5.71. The molecule has 3 nitrogen and oxygen atoms in total. The van der Waals surface area contributed by atoms with Crippen molar-refractivity contribution in [2.45, 2.75) is 33.7 Å². The lowest BCUT2D eigenvalue weighted by Crippen LogP contribution is -2.21. The first kappa shape index (κ1) is 15.4. The van der Waals surface area contributed by atoms with Crippen molar-refractivity contribution in [3.8, 4) is 5.75 Å². The van der Waals surface area contributed by atoms with Crippen molar-refractivity contribution in [1.29, 1.82) is 0 Å². The Hall–Kier alpha value is -2.00. The number of hydrazine groups is 1. The van der Waals surface area contributed by atoms with E-state index in [1.54, 1.807) is 0 Å². The molecule has 0 aliphatic rings. The molecule has 0 spiro atoms. The molecule has 2 aromatic rings. The predicted molar refractivity (Wildman–Crippen MR) is 88.6 cm³/mol. The van der Waals surface area contributed by atoms with Gasteiger partial charge in [0.05, 0.1) is 6.61 Å². The zero-order valence-corrected chi connectivity index (χ0v) is 13.1. The number of nitrogens with one attached hydrogen (secondary N) is 2. The van der Waals surface area contributed by atoms with Crippen LogP contribution < -0.4 is 15.6 Å². The Kier molecular flexibility index (Phi) is 5.64. The minimum atomic E-state index is 0.770. The van der Waals surface area contributed by atoms with E-state index in [1.807, 2.05) is 30.3 Å². The molecule has 2 aromatic carbocycles.